The topological polar surface area (TPSA) is 43.4 Å². The molecular weight excluding hydrogens is 387 g/mol. The van der Waals surface area contributed by atoms with E-state index < -0.39 is 10.1 Å². The molecule has 0 heterocycles. The average Bonchev–Trinajstić information content (AvgIpc) is 2.56. The molecular formula is C19H40O3SSe. The molecule has 0 saturated heterocycles. The first-order valence-corrected chi connectivity index (χ1v) is 12.9. The first-order chi connectivity index (χ1) is 11.6. The summed E-state index contributed by atoms with van der Waals surface area (Å²) in [6.45, 7) is 4.53. The van der Waals surface area contributed by atoms with Gasteiger partial charge in [-0.15, -0.1) is 0 Å². The number of rotatable bonds is 18. The Hall–Kier alpha value is 0.429. The van der Waals surface area contributed by atoms with E-state index in [0.717, 1.165) is 31.0 Å². The Morgan fingerprint density at radius 1 is 0.792 bits per heavy atom. The summed E-state index contributed by atoms with van der Waals surface area (Å²) in [6, 6.07) is 0. The van der Waals surface area contributed by atoms with Crippen molar-refractivity contribution in [3.05, 3.63) is 0 Å². The molecule has 1 unspecified atom stereocenters. The molecule has 146 valence electrons. The van der Waals surface area contributed by atoms with E-state index in [1.54, 1.807) is 0 Å². The second kappa shape index (κ2) is 16.9. The van der Waals surface area contributed by atoms with Crippen LogP contribution >= 0.6 is 0 Å². The third kappa shape index (κ3) is 13.7. The van der Waals surface area contributed by atoms with E-state index in [-0.39, 0.29) is 5.25 Å². The molecule has 0 spiro atoms. The summed E-state index contributed by atoms with van der Waals surface area (Å²) in [7, 11) is -3.36. The molecule has 0 aliphatic carbocycles. The molecule has 0 rings (SSSR count). The Kier molecular flexibility index (Phi) is 17.2. The zero-order chi connectivity index (χ0) is 18.1. The van der Waals surface area contributed by atoms with E-state index >= 15 is 0 Å². The van der Waals surface area contributed by atoms with Crippen molar-refractivity contribution in [3.8, 4) is 0 Å². The molecule has 24 heavy (non-hydrogen) atoms. The summed E-state index contributed by atoms with van der Waals surface area (Å²) in [4.78, 5) is 0. The van der Waals surface area contributed by atoms with Crippen molar-refractivity contribution in [1.82, 2.24) is 0 Å². The average molecular weight is 428 g/mol. The fourth-order valence-corrected chi connectivity index (χ4v) is 4.60. The van der Waals surface area contributed by atoms with Crippen molar-refractivity contribution in [2.75, 3.05) is 6.61 Å². The van der Waals surface area contributed by atoms with Crippen LogP contribution in [0.15, 0.2) is 0 Å². The maximum absolute atomic E-state index is 12.1. The van der Waals surface area contributed by atoms with Crippen molar-refractivity contribution in [2.45, 2.75) is 114 Å². The molecule has 0 saturated carbocycles. The van der Waals surface area contributed by atoms with Crippen LogP contribution in [0.2, 0.25) is 5.32 Å². The second-order valence-corrected chi connectivity index (χ2v) is 9.57. The van der Waals surface area contributed by atoms with E-state index in [2.05, 4.69) is 22.9 Å². The van der Waals surface area contributed by atoms with Crippen LogP contribution in [0.4, 0.5) is 0 Å². The van der Waals surface area contributed by atoms with Gasteiger partial charge in [0.15, 0.2) is 0 Å². The van der Waals surface area contributed by atoms with Crippen molar-refractivity contribution in [2.24, 2.45) is 0 Å². The Bertz CT molecular complexity index is 358. The van der Waals surface area contributed by atoms with Crippen LogP contribution in [0.3, 0.4) is 0 Å². The molecule has 0 radical (unpaired) electrons. The van der Waals surface area contributed by atoms with Crippen LogP contribution in [-0.2, 0) is 14.3 Å². The minimum atomic E-state index is -3.36. The Balaban J connectivity index is 3.62. The SMILES string of the molecule is CCCCCCCCCCCCCC(CC)S(=O)(=O)OCCC[SeH]. The molecule has 0 fully saturated rings. The van der Waals surface area contributed by atoms with Crippen LogP contribution in [0, 0.1) is 0 Å². The van der Waals surface area contributed by atoms with E-state index in [1.807, 2.05) is 6.92 Å². The van der Waals surface area contributed by atoms with Gasteiger partial charge in [-0.1, -0.05) is 45.4 Å². The van der Waals surface area contributed by atoms with Crippen LogP contribution in [0.5, 0.6) is 0 Å². The van der Waals surface area contributed by atoms with Crippen molar-refractivity contribution in [3.63, 3.8) is 0 Å². The molecule has 0 N–H and O–H groups in total. The molecule has 0 aliphatic rings. The van der Waals surface area contributed by atoms with E-state index in [1.165, 1.54) is 57.8 Å². The van der Waals surface area contributed by atoms with Gasteiger partial charge in [0.1, 0.15) is 0 Å². The van der Waals surface area contributed by atoms with Crippen LogP contribution < -0.4 is 0 Å². The number of hydrogen-bond donors (Lipinski definition) is 0. The van der Waals surface area contributed by atoms with Gasteiger partial charge in [0.2, 0.25) is 0 Å². The van der Waals surface area contributed by atoms with E-state index in [0.29, 0.717) is 13.0 Å². The normalized spacial score (nSPS) is 13.3. The molecule has 0 aliphatic heterocycles. The summed E-state index contributed by atoms with van der Waals surface area (Å²) in [5.41, 5.74) is 0. The minimum absolute atomic E-state index is 0.317. The molecule has 0 amide bonds. The van der Waals surface area contributed by atoms with Crippen LogP contribution in [0.25, 0.3) is 0 Å². The van der Waals surface area contributed by atoms with Gasteiger partial charge < -0.3 is 0 Å². The molecule has 0 aromatic rings. The monoisotopic (exact) mass is 428 g/mol. The zero-order valence-corrected chi connectivity index (χ0v) is 18.7. The number of hydrogen-bond acceptors (Lipinski definition) is 3. The maximum atomic E-state index is 12.1. The van der Waals surface area contributed by atoms with E-state index in [9.17, 15) is 8.42 Å². The van der Waals surface area contributed by atoms with E-state index in [4.69, 9.17) is 4.18 Å². The van der Waals surface area contributed by atoms with Crippen molar-refractivity contribution in [1.29, 1.82) is 0 Å². The molecule has 0 aromatic carbocycles. The molecule has 0 aromatic heterocycles. The summed E-state index contributed by atoms with van der Waals surface area (Å²) in [5, 5.41) is 0.583. The Labute approximate surface area is 159 Å². The summed E-state index contributed by atoms with van der Waals surface area (Å²) in [6.07, 6.45) is 16.4. The molecule has 0 bridgehead atoms. The van der Waals surface area contributed by atoms with Gasteiger partial charge in [-0.05, 0) is 0 Å². The first-order valence-electron chi connectivity index (χ1n) is 10.1. The molecule has 1 atom stereocenters. The van der Waals surface area contributed by atoms with Crippen molar-refractivity contribution >= 4 is 26.1 Å². The fraction of sp³-hybridized carbons (Fsp3) is 1.00. The van der Waals surface area contributed by atoms with Crippen LogP contribution in [-0.4, -0.2) is 36.3 Å². The number of unbranched alkanes of at least 4 members (excludes halogenated alkanes) is 10. The van der Waals surface area contributed by atoms with Crippen LogP contribution in [0.1, 0.15) is 104 Å². The first kappa shape index (κ1) is 24.4. The molecule has 3 nitrogen and oxygen atoms in total. The quantitative estimate of drug-likeness (QED) is 0.164. The Morgan fingerprint density at radius 2 is 1.29 bits per heavy atom. The van der Waals surface area contributed by atoms with Gasteiger partial charge in [-0.25, -0.2) is 0 Å². The summed E-state index contributed by atoms with van der Waals surface area (Å²) >= 11 is 2.46. The predicted molar refractivity (Wildman–Crippen MR) is 107 cm³/mol. The zero-order valence-electron chi connectivity index (χ0n) is 16.0. The predicted octanol–water partition coefficient (Wildman–Crippen LogP) is 5.52. The van der Waals surface area contributed by atoms with Gasteiger partial charge in [-0.2, -0.15) is 0 Å². The van der Waals surface area contributed by atoms with Gasteiger partial charge in [0.25, 0.3) is 0 Å². The van der Waals surface area contributed by atoms with Crippen molar-refractivity contribution < 1.29 is 12.6 Å². The third-order valence-electron chi connectivity index (χ3n) is 4.54. The second-order valence-electron chi connectivity index (χ2n) is 6.75. The molecule has 5 heteroatoms. The fourth-order valence-electron chi connectivity index (χ4n) is 2.92. The standard InChI is InChI=1S/C19H40O3SSe/c1-3-5-6-7-8-9-10-11-12-13-14-16-19(4-2)23(20,21)22-17-15-18-24/h19,24H,3-18H2,1-2H3. The summed E-state index contributed by atoms with van der Waals surface area (Å²) in [5.74, 6) is 0. The Morgan fingerprint density at radius 3 is 1.75 bits per heavy atom. The van der Waals surface area contributed by atoms with Gasteiger partial charge in [0.05, 0.1) is 0 Å². The van der Waals surface area contributed by atoms with Gasteiger partial charge in [0, 0.05) is 0 Å². The summed E-state index contributed by atoms with van der Waals surface area (Å²) < 4.78 is 29.4. The van der Waals surface area contributed by atoms with Gasteiger partial charge >= 0.3 is 114 Å². The third-order valence-corrected chi connectivity index (χ3v) is 7.09. The van der Waals surface area contributed by atoms with Gasteiger partial charge in [-0.3, -0.25) is 0 Å².